The molecule has 2 aromatic heterocycles. The highest BCUT2D eigenvalue weighted by atomic mass is 16.5. The fourth-order valence-electron chi connectivity index (χ4n) is 5.58. The van der Waals surface area contributed by atoms with Gasteiger partial charge >= 0.3 is 0 Å². The summed E-state index contributed by atoms with van der Waals surface area (Å²) in [5.74, 6) is 1.56. The summed E-state index contributed by atoms with van der Waals surface area (Å²) in [6.45, 7) is 8.97. The minimum absolute atomic E-state index is 0.157. The smallest absolute Gasteiger partial charge is 0.229 e. The first kappa shape index (κ1) is 30.6. The van der Waals surface area contributed by atoms with Crippen LogP contribution >= 0.6 is 0 Å². The van der Waals surface area contributed by atoms with E-state index in [0.29, 0.717) is 36.0 Å². The van der Waals surface area contributed by atoms with Crippen LogP contribution in [0.3, 0.4) is 0 Å². The van der Waals surface area contributed by atoms with Crippen molar-refractivity contribution in [1.29, 1.82) is 0 Å². The number of aromatic nitrogens is 4. The molecule has 0 unspecified atom stereocenters. The maximum Gasteiger partial charge on any atom is 0.229 e. The average Bonchev–Trinajstić information content (AvgIpc) is 3.64. The van der Waals surface area contributed by atoms with E-state index in [0.717, 1.165) is 56.0 Å². The molecule has 0 amide bonds. The van der Waals surface area contributed by atoms with Gasteiger partial charge in [-0.25, -0.2) is 0 Å². The standard InChI is InChI=1S/C39H38N4O3/c1-25-15-17-27(3)37(19-25)45-23-29-11-7-9-13-31(29)33-21-35(42(5)40-33)39(44)36-22-34(41-43(36)6)32-14-10-8-12-30(32)24-46-38-20-26(2)16-18-28(38)4/h7-22H,23-24H2,1-6H3. The predicted molar refractivity (Wildman–Crippen MR) is 181 cm³/mol. The van der Waals surface area contributed by atoms with E-state index in [1.165, 1.54) is 0 Å². The molecule has 0 saturated heterocycles. The monoisotopic (exact) mass is 610 g/mol. The minimum atomic E-state index is -0.157. The normalized spacial score (nSPS) is 11.1. The van der Waals surface area contributed by atoms with Gasteiger partial charge < -0.3 is 9.47 Å². The van der Waals surface area contributed by atoms with Crippen LogP contribution < -0.4 is 9.47 Å². The van der Waals surface area contributed by atoms with E-state index in [-0.39, 0.29) is 5.78 Å². The quantitative estimate of drug-likeness (QED) is 0.147. The summed E-state index contributed by atoms with van der Waals surface area (Å²) in [4.78, 5) is 13.9. The first-order chi connectivity index (χ1) is 22.2. The zero-order valence-corrected chi connectivity index (χ0v) is 27.2. The lowest BCUT2D eigenvalue weighted by Gasteiger charge is -2.12. The fraction of sp³-hybridized carbons (Fsp3) is 0.205. The van der Waals surface area contributed by atoms with Crippen molar-refractivity contribution in [1.82, 2.24) is 19.6 Å². The van der Waals surface area contributed by atoms with E-state index in [9.17, 15) is 4.79 Å². The van der Waals surface area contributed by atoms with E-state index >= 15 is 0 Å². The van der Waals surface area contributed by atoms with Gasteiger partial charge in [0.25, 0.3) is 0 Å². The Bertz CT molecular complexity index is 1910. The third kappa shape index (κ3) is 6.35. The molecule has 4 aromatic carbocycles. The highest BCUT2D eigenvalue weighted by molar-refractivity contribution is 6.07. The molecule has 0 atom stereocenters. The molecule has 0 aliphatic carbocycles. The molecule has 0 saturated carbocycles. The summed E-state index contributed by atoms with van der Waals surface area (Å²) in [7, 11) is 3.59. The van der Waals surface area contributed by atoms with Crippen molar-refractivity contribution in [2.75, 3.05) is 0 Å². The molecule has 232 valence electrons. The molecule has 0 aliphatic heterocycles. The molecule has 46 heavy (non-hydrogen) atoms. The first-order valence-electron chi connectivity index (χ1n) is 15.4. The number of hydrogen-bond donors (Lipinski definition) is 0. The molecule has 7 heteroatoms. The molecular formula is C39H38N4O3. The third-order valence-corrected chi connectivity index (χ3v) is 8.27. The Morgan fingerprint density at radius 1 is 0.587 bits per heavy atom. The van der Waals surface area contributed by atoms with Crippen LogP contribution in [-0.4, -0.2) is 25.3 Å². The van der Waals surface area contributed by atoms with Crippen LogP contribution in [0.1, 0.15) is 49.6 Å². The number of hydrogen-bond acceptors (Lipinski definition) is 5. The summed E-state index contributed by atoms with van der Waals surface area (Å²) in [5, 5.41) is 9.49. The number of nitrogens with zero attached hydrogens (tertiary/aromatic N) is 4. The molecule has 0 N–H and O–H groups in total. The first-order valence-corrected chi connectivity index (χ1v) is 15.4. The van der Waals surface area contributed by atoms with Crippen LogP contribution in [0, 0.1) is 27.7 Å². The second-order valence-electron chi connectivity index (χ2n) is 11.8. The van der Waals surface area contributed by atoms with E-state index in [1.54, 1.807) is 23.5 Å². The summed E-state index contributed by atoms with van der Waals surface area (Å²) in [6.07, 6.45) is 0. The lowest BCUT2D eigenvalue weighted by molar-refractivity contribution is 0.102. The van der Waals surface area contributed by atoms with Crippen molar-refractivity contribution in [2.24, 2.45) is 14.1 Å². The Kier molecular flexibility index (Phi) is 8.57. The highest BCUT2D eigenvalue weighted by Gasteiger charge is 2.22. The van der Waals surface area contributed by atoms with Crippen LogP contribution in [0.4, 0.5) is 0 Å². The second kappa shape index (κ2) is 12.9. The van der Waals surface area contributed by atoms with Crippen molar-refractivity contribution in [3.63, 3.8) is 0 Å². The largest absolute Gasteiger partial charge is 0.489 e. The van der Waals surface area contributed by atoms with Gasteiger partial charge in [-0.05, 0) is 85.3 Å². The van der Waals surface area contributed by atoms with Gasteiger partial charge in [0, 0.05) is 25.2 Å². The van der Waals surface area contributed by atoms with E-state index in [2.05, 4.69) is 38.1 Å². The maximum absolute atomic E-state index is 13.9. The van der Waals surface area contributed by atoms with Crippen LogP contribution in [0.5, 0.6) is 11.5 Å². The fourth-order valence-corrected chi connectivity index (χ4v) is 5.58. The number of aryl methyl sites for hydroxylation is 6. The SMILES string of the molecule is Cc1ccc(C)c(OCc2ccccc2-c2cc(C(=O)c3cc(-c4ccccc4COc4cc(C)ccc4C)nn3C)n(C)n2)c1. The molecular weight excluding hydrogens is 572 g/mol. The molecule has 6 aromatic rings. The minimum Gasteiger partial charge on any atom is -0.489 e. The van der Waals surface area contributed by atoms with Crippen LogP contribution in [0.25, 0.3) is 22.5 Å². The Morgan fingerprint density at radius 3 is 1.43 bits per heavy atom. The number of rotatable bonds is 10. The van der Waals surface area contributed by atoms with E-state index < -0.39 is 0 Å². The highest BCUT2D eigenvalue weighted by Crippen LogP contribution is 2.29. The van der Waals surface area contributed by atoms with Crippen LogP contribution in [0.15, 0.2) is 97.1 Å². The zero-order valence-electron chi connectivity index (χ0n) is 27.2. The molecule has 7 nitrogen and oxygen atoms in total. The van der Waals surface area contributed by atoms with Gasteiger partial charge in [-0.3, -0.25) is 14.2 Å². The number of carbonyl (C=O) groups is 1. The lowest BCUT2D eigenvalue weighted by Crippen LogP contribution is -2.12. The molecule has 0 bridgehead atoms. The third-order valence-electron chi connectivity index (χ3n) is 8.27. The average molecular weight is 611 g/mol. The molecule has 2 heterocycles. The van der Waals surface area contributed by atoms with Crippen molar-refractivity contribution in [3.05, 3.63) is 142 Å². The Morgan fingerprint density at radius 2 is 1.00 bits per heavy atom. The van der Waals surface area contributed by atoms with Crippen molar-refractivity contribution in [2.45, 2.75) is 40.9 Å². The Balaban J connectivity index is 1.24. The number of carbonyl (C=O) groups excluding carboxylic acids is 1. The molecule has 0 fully saturated rings. The Labute approximate surface area is 270 Å². The van der Waals surface area contributed by atoms with Gasteiger partial charge in [0.2, 0.25) is 5.78 Å². The maximum atomic E-state index is 13.9. The van der Waals surface area contributed by atoms with Gasteiger partial charge in [0.15, 0.2) is 0 Å². The topological polar surface area (TPSA) is 71.2 Å². The molecule has 6 rings (SSSR count). The molecule has 0 aliphatic rings. The second-order valence-corrected chi connectivity index (χ2v) is 11.8. The predicted octanol–water partition coefficient (Wildman–Crippen LogP) is 8.11. The number of ether oxygens (including phenoxy) is 2. The summed E-state index contributed by atoms with van der Waals surface area (Å²) in [5.41, 5.74) is 10.7. The van der Waals surface area contributed by atoms with Crippen molar-refractivity contribution >= 4 is 5.78 Å². The zero-order chi connectivity index (χ0) is 32.4. The van der Waals surface area contributed by atoms with Gasteiger partial charge in [0.05, 0.1) is 11.4 Å². The van der Waals surface area contributed by atoms with Gasteiger partial charge in [-0.15, -0.1) is 0 Å². The summed E-state index contributed by atoms with van der Waals surface area (Å²) < 4.78 is 15.7. The van der Waals surface area contributed by atoms with Crippen LogP contribution in [0.2, 0.25) is 0 Å². The molecule has 0 spiro atoms. The van der Waals surface area contributed by atoms with E-state index in [1.807, 2.05) is 86.6 Å². The lowest BCUT2D eigenvalue weighted by atomic mass is 10.0. The van der Waals surface area contributed by atoms with Gasteiger partial charge in [-0.2, -0.15) is 10.2 Å². The Hall–Kier alpha value is -5.43. The van der Waals surface area contributed by atoms with Gasteiger partial charge in [0.1, 0.15) is 36.1 Å². The van der Waals surface area contributed by atoms with Crippen molar-refractivity contribution < 1.29 is 14.3 Å². The number of ketones is 1. The van der Waals surface area contributed by atoms with Gasteiger partial charge in [-0.1, -0.05) is 72.8 Å². The van der Waals surface area contributed by atoms with Crippen LogP contribution in [-0.2, 0) is 27.3 Å². The van der Waals surface area contributed by atoms with E-state index in [4.69, 9.17) is 19.7 Å². The summed E-state index contributed by atoms with van der Waals surface area (Å²) >= 11 is 0. The summed E-state index contributed by atoms with van der Waals surface area (Å²) in [6, 6.07) is 32.1. The number of benzene rings is 4. The molecule has 0 radical (unpaired) electrons. The van der Waals surface area contributed by atoms with Crippen molar-refractivity contribution in [3.8, 4) is 34.0 Å².